The van der Waals surface area contributed by atoms with Gasteiger partial charge in [0.25, 0.3) is 0 Å². The fourth-order valence-corrected chi connectivity index (χ4v) is 2.32. The summed E-state index contributed by atoms with van der Waals surface area (Å²) in [7, 11) is 0. The zero-order valence-corrected chi connectivity index (χ0v) is 18.1. The van der Waals surface area contributed by atoms with E-state index in [1.165, 1.54) is 46.1 Å². The van der Waals surface area contributed by atoms with Crippen molar-refractivity contribution in [2.24, 2.45) is 0 Å². The fourth-order valence-electron chi connectivity index (χ4n) is 2.32. The van der Waals surface area contributed by atoms with Gasteiger partial charge in [0.1, 0.15) is 0 Å². The van der Waals surface area contributed by atoms with Gasteiger partial charge < -0.3 is 24.8 Å². The van der Waals surface area contributed by atoms with Crippen LogP contribution in [0.5, 0.6) is 0 Å². The van der Waals surface area contributed by atoms with Crippen molar-refractivity contribution in [1.82, 2.24) is 0 Å². The van der Waals surface area contributed by atoms with Crippen LogP contribution in [0.1, 0.15) is 18.1 Å². The first-order chi connectivity index (χ1) is 10.4. The Balaban J connectivity index is 0.000000413. The summed E-state index contributed by atoms with van der Waals surface area (Å²) in [6.45, 7) is 2.06. The van der Waals surface area contributed by atoms with Crippen molar-refractivity contribution in [3.63, 3.8) is 0 Å². The van der Waals surface area contributed by atoms with Crippen LogP contribution >= 0.6 is 0 Å². The molecule has 0 atom stereocenters. The maximum atomic E-state index is 3.30. The zero-order chi connectivity index (χ0) is 14.9. The number of benzene rings is 2. The number of hydrogen-bond donors (Lipinski definition) is 0. The molecule has 1 aliphatic rings. The summed E-state index contributed by atoms with van der Waals surface area (Å²) < 4.78 is 2.14. The Morgan fingerprint density at radius 3 is 2.17 bits per heavy atom. The largest absolute Gasteiger partial charge is 1.00 e. The van der Waals surface area contributed by atoms with E-state index in [1.54, 1.807) is 0 Å². The molecule has 0 radical (unpaired) electrons. The molecule has 0 heterocycles. The van der Waals surface area contributed by atoms with Gasteiger partial charge in [-0.15, -0.1) is 5.56 Å². The third kappa shape index (κ3) is 6.63. The van der Waals surface area contributed by atoms with E-state index in [0.29, 0.717) is 0 Å². The molecule has 0 saturated heterocycles. The third-order valence-corrected chi connectivity index (χ3v) is 3.17. The summed E-state index contributed by atoms with van der Waals surface area (Å²) in [5, 5.41) is 0. The molecule has 0 fully saturated rings. The predicted octanol–water partition coefficient (Wildman–Crippen LogP) is -1.17. The van der Waals surface area contributed by atoms with Crippen molar-refractivity contribution >= 4 is 3.76 Å². The maximum absolute atomic E-state index is 3.30. The van der Waals surface area contributed by atoms with Crippen LogP contribution in [0.2, 0.25) is 0 Å². The molecular weight excluding hydrogens is 490 g/mol. The molecule has 1 aliphatic carbocycles. The predicted molar refractivity (Wildman–Crippen MR) is 87.3 cm³/mol. The second-order valence-corrected chi connectivity index (χ2v) is 6.72. The topological polar surface area (TPSA) is 0 Å². The Hall–Kier alpha value is -0.890. The number of fused-ring (bicyclic) bond motifs is 3. The van der Waals surface area contributed by atoms with Crippen molar-refractivity contribution in [2.75, 3.05) is 0 Å². The molecule has 0 aromatic heterocycles. The van der Waals surface area contributed by atoms with Gasteiger partial charge >= 0.3 is 34.6 Å². The van der Waals surface area contributed by atoms with Gasteiger partial charge in [-0.3, -0.25) is 0 Å². The molecule has 0 saturated carbocycles. The molecule has 4 rings (SSSR count). The molecular formula is C20H18Cl2Hf-2. The van der Waals surface area contributed by atoms with Crippen LogP contribution in [0, 0.1) is 6.07 Å². The van der Waals surface area contributed by atoms with Crippen molar-refractivity contribution in [3.05, 3.63) is 90.0 Å². The molecule has 3 heteroatoms. The average molecular weight is 508 g/mol. The summed E-state index contributed by atoms with van der Waals surface area (Å²) >= 11 is 1.24. The first kappa shape index (κ1) is 22.1. The van der Waals surface area contributed by atoms with E-state index in [2.05, 4.69) is 53.1 Å². The smallest absolute Gasteiger partial charge is 0.0253 e. The monoisotopic (exact) mass is 508 g/mol. The van der Waals surface area contributed by atoms with Crippen molar-refractivity contribution in [2.45, 2.75) is 13.3 Å². The molecule has 118 valence electrons. The minimum atomic E-state index is 0. The van der Waals surface area contributed by atoms with E-state index in [-0.39, 0.29) is 24.8 Å². The second kappa shape index (κ2) is 12.5. The normalized spacial score (nSPS) is 9.35. The van der Waals surface area contributed by atoms with E-state index in [1.807, 2.05) is 36.4 Å². The van der Waals surface area contributed by atoms with Crippen molar-refractivity contribution in [1.29, 1.82) is 0 Å². The molecule has 0 bridgehead atoms. The van der Waals surface area contributed by atoms with Crippen LogP contribution in [0.15, 0.2) is 72.8 Å². The fraction of sp³-hybridized carbons (Fsp3) is 0.100. The van der Waals surface area contributed by atoms with Gasteiger partial charge in [0.2, 0.25) is 0 Å². The summed E-state index contributed by atoms with van der Waals surface area (Å²) in [4.78, 5) is 0. The van der Waals surface area contributed by atoms with Gasteiger partial charge in [0, 0.05) is 0 Å². The van der Waals surface area contributed by atoms with E-state index >= 15 is 0 Å². The molecule has 0 spiro atoms. The van der Waals surface area contributed by atoms with Crippen LogP contribution in [0.25, 0.3) is 11.1 Å². The molecule has 0 N–H and O–H groups in total. The second-order valence-electron chi connectivity index (χ2n) is 4.65. The van der Waals surface area contributed by atoms with Crippen LogP contribution in [0.4, 0.5) is 0 Å². The van der Waals surface area contributed by atoms with Crippen molar-refractivity contribution < 1.29 is 48.7 Å². The number of halogens is 2. The summed E-state index contributed by atoms with van der Waals surface area (Å²) in [5.41, 5.74) is 5.51. The van der Waals surface area contributed by atoms with Crippen LogP contribution < -0.4 is 24.8 Å². The molecule has 0 amide bonds. The van der Waals surface area contributed by atoms with Gasteiger partial charge in [-0.2, -0.15) is 48.0 Å². The Labute approximate surface area is 166 Å². The number of rotatable bonds is 0. The number of hydrogen-bond acceptors (Lipinski definition) is 0. The SMILES string of the molecule is C[CH]=[Hf+2].[Cl-].[Cl-].[c-]1cccc2c1Cc1ccccc1-2.c1cc[cH-]c1. The quantitative estimate of drug-likeness (QED) is 0.208. The Kier molecular flexibility index (Phi) is 12.0. The Morgan fingerprint density at radius 2 is 1.57 bits per heavy atom. The summed E-state index contributed by atoms with van der Waals surface area (Å²) in [6.07, 6.45) is 1.05. The van der Waals surface area contributed by atoms with Gasteiger partial charge in [-0.05, 0) is 6.42 Å². The van der Waals surface area contributed by atoms with Gasteiger partial charge in [0.05, 0.1) is 0 Å². The van der Waals surface area contributed by atoms with Crippen LogP contribution in [0.3, 0.4) is 0 Å². The molecule has 23 heavy (non-hydrogen) atoms. The zero-order valence-electron chi connectivity index (χ0n) is 13.0. The molecule has 0 nitrogen and oxygen atoms in total. The third-order valence-electron chi connectivity index (χ3n) is 3.17. The van der Waals surface area contributed by atoms with E-state index in [0.717, 1.165) is 6.42 Å². The molecule has 3 aromatic carbocycles. The van der Waals surface area contributed by atoms with E-state index in [9.17, 15) is 0 Å². The Bertz CT molecular complexity index is 615. The average Bonchev–Trinajstić information content (AvgIpc) is 3.19. The van der Waals surface area contributed by atoms with Gasteiger partial charge in [-0.25, -0.2) is 12.1 Å². The molecule has 3 aromatic rings. The van der Waals surface area contributed by atoms with Gasteiger partial charge in [0.15, 0.2) is 0 Å². The first-order valence-corrected chi connectivity index (χ1v) is 9.14. The minimum absolute atomic E-state index is 0. The Morgan fingerprint density at radius 1 is 0.957 bits per heavy atom. The standard InChI is InChI=1S/C13H9.C5H5.C2H4.2ClH.Hf/c1-3-7-12-10(5-1)9-11-6-2-4-8-13(11)12;1-2-4-5-3-1;1-2;;;/h1-5,7-8H,9H2;1-5H;1H,2H3;2*1H;/q2*-1;;;;+2/p-2. The van der Waals surface area contributed by atoms with Crippen molar-refractivity contribution in [3.8, 4) is 11.1 Å². The first-order valence-electron chi connectivity index (χ1n) is 7.06. The van der Waals surface area contributed by atoms with E-state index in [4.69, 9.17) is 0 Å². The maximum Gasteiger partial charge on any atom is -0.0253 e. The van der Waals surface area contributed by atoms with Crippen LogP contribution in [-0.2, 0) is 30.3 Å². The van der Waals surface area contributed by atoms with E-state index < -0.39 is 0 Å². The molecule has 0 aliphatic heterocycles. The summed E-state index contributed by atoms with van der Waals surface area (Å²) in [5.74, 6) is 0. The summed E-state index contributed by atoms with van der Waals surface area (Å²) in [6, 6.07) is 28.1. The minimum Gasteiger partial charge on any atom is -1.00 e. The van der Waals surface area contributed by atoms with Gasteiger partial charge in [-0.1, -0.05) is 35.4 Å². The van der Waals surface area contributed by atoms with Crippen LogP contribution in [-0.4, -0.2) is 3.76 Å². The molecule has 0 unspecified atom stereocenters.